The standard InChI is InChI=1S/C28H38N4O3S/c1-31(2)23-14-16-32(17-15-23)26(20-8-4-3-5-9-20)19-36(34,35)30-28(33)29-27-24-12-6-10-21(24)18-22-11-7-13-25(22)27/h3-5,8-9,18,23,26H,6-7,10-17,19H2,1-2H3,(H2,29,30,33). The van der Waals surface area contributed by atoms with Crippen LogP contribution < -0.4 is 10.0 Å². The lowest BCUT2D eigenvalue weighted by atomic mass is 9.99. The number of anilines is 1. The van der Waals surface area contributed by atoms with Crippen LogP contribution in [0.15, 0.2) is 36.4 Å². The molecule has 194 valence electrons. The molecule has 5 rings (SSSR count). The van der Waals surface area contributed by atoms with Crippen LogP contribution in [-0.4, -0.2) is 63.2 Å². The molecular formula is C28H38N4O3S. The summed E-state index contributed by atoms with van der Waals surface area (Å²) in [6, 6.07) is 11.6. The molecule has 7 nitrogen and oxygen atoms in total. The average molecular weight is 511 g/mol. The van der Waals surface area contributed by atoms with Gasteiger partial charge in [0.25, 0.3) is 0 Å². The molecule has 1 heterocycles. The van der Waals surface area contributed by atoms with E-state index < -0.39 is 16.1 Å². The van der Waals surface area contributed by atoms with Gasteiger partial charge in [0.1, 0.15) is 0 Å². The number of sulfonamides is 1. The molecule has 36 heavy (non-hydrogen) atoms. The van der Waals surface area contributed by atoms with Crippen molar-refractivity contribution in [2.24, 2.45) is 0 Å². The van der Waals surface area contributed by atoms with Crippen molar-refractivity contribution >= 4 is 21.7 Å². The van der Waals surface area contributed by atoms with Gasteiger partial charge in [-0.1, -0.05) is 36.4 Å². The van der Waals surface area contributed by atoms with Crippen LogP contribution in [0, 0.1) is 0 Å². The van der Waals surface area contributed by atoms with E-state index in [0.29, 0.717) is 6.04 Å². The molecule has 2 amide bonds. The van der Waals surface area contributed by atoms with Crippen molar-refractivity contribution < 1.29 is 13.2 Å². The van der Waals surface area contributed by atoms with E-state index in [9.17, 15) is 13.2 Å². The highest BCUT2D eigenvalue weighted by atomic mass is 32.2. The minimum Gasteiger partial charge on any atom is -0.307 e. The maximum absolute atomic E-state index is 13.3. The molecule has 0 radical (unpaired) electrons. The van der Waals surface area contributed by atoms with Crippen LogP contribution in [0.3, 0.4) is 0 Å². The molecule has 2 N–H and O–H groups in total. The third kappa shape index (κ3) is 5.45. The number of amides is 2. The smallest absolute Gasteiger partial charge is 0.307 e. The maximum Gasteiger partial charge on any atom is 0.332 e. The van der Waals surface area contributed by atoms with Gasteiger partial charge in [-0.05, 0) is 93.3 Å². The molecule has 1 fully saturated rings. The van der Waals surface area contributed by atoms with Crippen LogP contribution in [0.1, 0.15) is 59.5 Å². The molecular weight excluding hydrogens is 472 g/mol. The van der Waals surface area contributed by atoms with Crippen molar-refractivity contribution in [1.82, 2.24) is 14.5 Å². The third-order valence-electron chi connectivity index (χ3n) is 8.19. The van der Waals surface area contributed by atoms with Crippen LogP contribution >= 0.6 is 0 Å². The Labute approximate surface area is 215 Å². The van der Waals surface area contributed by atoms with Crippen LogP contribution in [0.4, 0.5) is 10.5 Å². The number of urea groups is 1. The van der Waals surface area contributed by atoms with Crippen LogP contribution in [0.5, 0.6) is 0 Å². The van der Waals surface area contributed by atoms with Crippen LogP contribution in [-0.2, 0) is 35.7 Å². The van der Waals surface area contributed by atoms with E-state index in [1.807, 2.05) is 30.3 Å². The fraction of sp³-hybridized carbons (Fsp3) is 0.536. The first-order valence-corrected chi connectivity index (χ1v) is 14.9. The highest BCUT2D eigenvalue weighted by Gasteiger charge is 2.32. The van der Waals surface area contributed by atoms with E-state index >= 15 is 0 Å². The highest BCUT2D eigenvalue weighted by molar-refractivity contribution is 7.90. The van der Waals surface area contributed by atoms with Gasteiger partial charge in [0.05, 0.1) is 11.8 Å². The lowest BCUT2D eigenvalue weighted by molar-refractivity contribution is 0.116. The van der Waals surface area contributed by atoms with E-state index in [-0.39, 0.29) is 11.8 Å². The molecule has 1 unspecified atom stereocenters. The van der Waals surface area contributed by atoms with Gasteiger partial charge in [-0.3, -0.25) is 4.90 Å². The lowest BCUT2D eigenvalue weighted by Crippen LogP contribution is -2.46. The molecule has 0 saturated carbocycles. The van der Waals surface area contributed by atoms with Crippen molar-refractivity contribution in [3.8, 4) is 0 Å². The van der Waals surface area contributed by atoms with Crippen molar-refractivity contribution in [2.45, 2.75) is 63.5 Å². The van der Waals surface area contributed by atoms with Crippen molar-refractivity contribution in [2.75, 3.05) is 38.3 Å². The normalized spacial score (nSPS) is 19.2. The number of likely N-dealkylation sites (tertiary alicyclic amines) is 1. The molecule has 1 atom stereocenters. The Balaban J connectivity index is 1.31. The molecule has 2 aromatic rings. The van der Waals surface area contributed by atoms with Gasteiger partial charge in [0.2, 0.25) is 10.0 Å². The molecule has 0 bridgehead atoms. The second kappa shape index (κ2) is 10.5. The number of aryl methyl sites for hydroxylation is 2. The first-order valence-electron chi connectivity index (χ1n) is 13.2. The third-order valence-corrected chi connectivity index (χ3v) is 9.44. The van der Waals surface area contributed by atoms with Gasteiger partial charge in [-0.15, -0.1) is 0 Å². The minimum atomic E-state index is -3.87. The molecule has 0 spiro atoms. The Morgan fingerprint density at radius 3 is 2.19 bits per heavy atom. The summed E-state index contributed by atoms with van der Waals surface area (Å²) in [4.78, 5) is 17.5. The SMILES string of the molecule is CN(C)C1CCN(C(CS(=O)(=O)NC(=O)Nc2c3c(cc4c2CCC4)CCC3)c2ccccc2)CC1. The fourth-order valence-electron chi connectivity index (χ4n) is 6.30. The number of piperidine rings is 1. The molecule has 1 aliphatic heterocycles. The van der Waals surface area contributed by atoms with E-state index in [2.05, 4.69) is 40.0 Å². The number of nitrogens with zero attached hydrogens (tertiary/aromatic N) is 2. The Kier molecular flexibility index (Phi) is 7.37. The predicted molar refractivity (Wildman–Crippen MR) is 144 cm³/mol. The van der Waals surface area contributed by atoms with E-state index in [1.54, 1.807) is 0 Å². The van der Waals surface area contributed by atoms with E-state index in [1.165, 1.54) is 22.3 Å². The fourth-order valence-corrected chi connectivity index (χ4v) is 7.53. The summed E-state index contributed by atoms with van der Waals surface area (Å²) in [7, 11) is 0.324. The number of benzene rings is 2. The van der Waals surface area contributed by atoms with Gasteiger partial charge in [-0.25, -0.2) is 17.9 Å². The number of hydrogen-bond donors (Lipinski definition) is 2. The van der Waals surface area contributed by atoms with E-state index in [4.69, 9.17) is 0 Å². The lowest BCUT2D eigenvalue weighted by Gasteiger charge is -2.39. The molecule has 3 aliphatic rings. The highest BCUT2D eigenvalue weighted by Crippen LogP contribution is 2.38. The Morgan fingerprint density at radius 2 is 1.61 bits per heavy atom. The summed E-state index contributed by atoms with van der Waals surface area (Å²) in [5, 5.41) is 2.96. The number of carbonyl (C=O) groups is 1. The topological polar surface area (TPSA) is 81.8 Å². The van der Waals surface area contributed by atoms with Crippen LogP contribution in [0.25, 0.3) is 0 Å². The first-order chi connectivity index (χ1) is 17.3. The van der Waals surface area contributed by atoms with Crippen molar-refractivity contribution in [3.63, 3.8) is 0 Å². The summed E-state index contributed by atoms with van der Waals surface area (Å²) in [5.74, 6) is -0.151. The van der Waals surface area contributed by atoms with Crippen LogP contribution in [0.2, 0.25) is 0 Å². The number of carbonyl (C=O) groups excluding carboxylic acids is 1. The second-order valence-corrected chi connectivity index (χ2v) is 12.5. The van der Waals surface area contributed by atoms with Crippen molar-refractivity contribution in [3.05, 3.63) is 64.2 Å². The summed E-state index contributed by atoms with van der Waals surface area (Å²) in [6.45, 7) is 1.65. The zero-order valence-electron chi connectivity index (χ0n) is 21.4. The second-order valence-electron chi connectivity index (χ2n) is 10.7. The number of fused-ring (bicyclic) bond motifs is 2. The summed E-state index contributed by atoms with van der Waals surface area (Å²) in [5.41, 5.74) is 6.81. The molecule has 0 aromatic heterocycles. The summed E-state index contributed by atoms with van der Waals surface area (Å²) in [6.07, 6.45) is 8.07. The number of nitrogens with one attached hydrogen (secondary N) is 2. The van der Waals surface area contributed by atoms with Gasteiger partial charge in [0, 0.05) is 24.8 Å². The van der Waals surface area contributed by atoms with Gasteiger partial charge in [0.15, 0.2) is 0 Å². The Bertz CT molecular complexity index is 1170. The molecule has 2 aliphatic carbocycles. The van der Waals surface area contributed by atoms with Gasteiger partial charge >= 0.3 is 6.03 Å². The number of hydrogen-bond acceptors (Lipinski definition) is 5. The van der Waals surface area contributed by atoms with E-state index in [0.717, 1.165) is 75.7 Å². The monoisotopic (exact) mass is 510 g/mol. The summed E-state index contributed by atoms with van der Waals surface area (Å²) >= 11 is 0. The molecule has 1 saturated heterocycles. The minimum absolute atomic E-state index is 0.151. The quantitative estimate of drug-likeness (QED) is 0.591. The largest absolute Gasteiger partial charge is 0.332 e. The average Bonchev–Trinajstić information content (AvgIpc) is 3.52. The van der Waals surface area contributed by atoms with Gasteiger partial charge < -0.3 is 10.2 Å². The molecule has 2 aromatic carbocycles. The predicted octanol–water partition coefficient (Wildman–Crippen LogP) is 3.88. The molecule has 8 heteroatoms. The maximum atomic E-state index is 13.3. The first kappa shape index (κ1) is 25.2. The van der Waals surface area contributed by atoms with Gasteiger partial charge in [-0.2, -0.15) is 0 Å². The Morgan fingerprint density at radius 1 is 1.00 bits per heavy atom. The number of rotatable bonds is 7. The zero-order valence-corrected chi connectivity index (χ0v) is 22.2. The summed E-state index contributed by atoms with van der Waals surface area (Å²) < 4.78 is 28.9. The zero-order chi connectivity index (χ0) is 25.3. The Hall–Kier alpha value is -2.42. The van der Waals surface area contributed by atoms with Crippen molar-refractivity contribution in [1.29, 1.82) is 0 Å².